The molecule has 1 aromatic carbocycles. The predicted octanol–water partition coefficient (Wildman–Crippen LogP) is 2.71. The van der Waals surface area contributed by atoms with Gasteiger partial charge in [-0.05, 0) is 44.2 Å². The Labute approximate surface area is 150 Å². The van der Waals surface area contributed by atoms with E-state index in [2.05, 4.69) is 10.6 Å². The predicted molar refractivity (Wildman–Crippen MR) is 92.5 cm³/mol. The number of benzene rings is 1. The van der Waals surface area contributed by atoms with Crippen molar-refractivity contribution in [3.05, 3.63) is 54.0 Å². The van der Waals surface area contributed by atoms with Gasteiger partial charge in [0.05, 0.1) is 25.0 Å². The number of nitrogens with one attached hydrogen (secondary N) is 2. The Balaban J connectivity index is 1.89. The van der Waals surface area contributed by atoms with Gasteiger partial charge in [-0.15, -0.1) is 0 Å². The van der Waals surface area contributed by atoms with Crippen molar-refractivity contribution in [2.45, 2.75) is 26.5 Å². The molecule has 0 fully saturated rings. The van der Waals surface area contributed by atoms with Crippen LogP contribution in [0.25, 0.3) is 0 Å². The zero-order chi connectivity index (χ0) is 18.9. The number of carbonyl (C=O) groups is 3. The molecule has 0 radical (unpaired) electrons. The van der Waals surface area contributed by atoms with Crippen molar-refractivity contribution in [1.82, 2.24) is 5.32 Å². The minimum Gasteiger partial charge on any atom is -0.467 e. The van der Waals surface area contributed by atoms with E-state index in [0.717, 1.165) is 0 Å². The highest BCUT2D eigenvalue weighted by Gasteiger charge is 2.19. The highest BCUT2D eigenvalue weighted by atomic mass is 16.6. The van der Waals surface area contributed by atoms with Crippen molar-refractivity contribution in [1.29, 1.82) is 0 Å². The molecule has 2 N–H and O–H groups in total. The van der Waals surface area contributed by atoms with Crippen LogP contribution < -0.4 is 10.6 Å². The van der Waals surface area contributed by atoms with Crippen LogP contribution in [0.4, 0.5) is 10.5 Å². The molecule has 1 heterocycles. The van der Waals surface area contributed by atoms with Crippen molar-refractivity contribution in [2.24, 2.45) is 0 Å². The fourth-order valence-corrected chi connectivity index (χ4v) is 2.02. The average Bonchev–Trinajstić information content (AvgIpc) is 3.13. The third-order valence-corrected chi connectivity index (χ3v) is 3.29. The molecule has 2 amide bonds. The van der Waals surface area contributed by atoms with Crippen LogP contribution in [0.1, 0.15) is 30.0 Å². The number of anilines is 1. The van der Waals surface area contributed by atoms with Crippen LogP contribution >= 0.6 is 0 Å². The first-order valence-corrected chi connectivity index (χ1v) is 8.04. The van der Waals surface area contributed by atoms with Crippen LogP contribution in [0.3, 0.4) is 0 Å². The van der Waals surface area contributed by atoms with E-state index in [1.165, 1.54) is 25.3 Å². The summed E-state index contributed by atoms with van der Waals surface area (Å²) >= 11 is 0. The molecule has 0 saturated heterocycles. The second kappa shape index (κ2) is 9.26. The lowest BCUT2D eigenvalue weighted by Gasteiger charge is -2.13. The highest BCUT2D eigenvalue weighted by Crippen LogP contribution is 2.13. The fourth-order valence-electron chi connectivity index (χ4n) is 2.02. The van der Waals surface area contributed by atoms with Gasteiger partial charge in [-0.1, -0.05) is 6.07 Å². The molecule has 8 heteroatoms. The van der Waals surface area contributed by atoms with Crippen molar-refractivity contribution in [3.63, 3.8) is 0 Å². The Kier molecular flexibility index (Phi) is 6.78. The summed E-state index contributed by atoms with van der Waals surface area (Å²) in [6.07, 6.45) is -0.106. The van der Waals surface area contributed by atoms with Crippen LogP contribution in [-0.4, -0.2) is 30.7 Å². The summed E-state index contributed by atoms with van der Waals surface area (Å²) < 4.78 is 15.0. The first-order chi connectivity index (χ1) is 12.5. The summed E-state index contributed by atoms with van der Waals surface area (Å²) in [7, 11) is 0. The lowest BCUT2D eigenvalue weighted by molar-refractivity contribution is -0.129. The molecule has 0 spiro atoms. The Morgan fingerprint density at radius 1 is 1.19 bits per heavy atom. The second-order valence-corrected chi connectivity index (χ2v) is 5.27. The Hall–Kier alpha value is -3.29. The van der Waals surface area contributed by atoms with E-state index in [4.69, 9.17) is 13.9 Å². The van der Waals surface area contributed by atoms with Crippen LogP contribution in [0.5, 0.6) is 0 Å². The third-order valence-electron chi connectivity index (χ3n) is 3.29. The number of hydrogen-bond acceptors (Lipinski definition) is 6. The third kappa shape index (κ3) is 5.66. The topological polar surface area (TPSA) is 107 Å². The van der Waals surface area contributed by atoms with Crippen molar-refractivity contribution in [3.8, 4) is 0 Å². The normalized spacial score (nSPS) is 11.3. The molecular formula is C18H20N2O6. The van der Waals surface area contributed by atoms with E-state index in [-0.39, 0.29) is 18.7 Å². The molecule has 0 saturated carbocycles. The van der Waals surface area contributed by atoms with Crippen LogP contribution in [0, 0.1) is 0 Å². The summed E-state index contributed by atoms with van der Waals surface area (Å²) in [4.78, 5) is 35.6. The average molecular weight is 360 g/mol. The standard InChI is InChI=1S/C18H20N2O6/c1-3-24-18(23)20-14-7-4-6-13(10-14)17(22)26-12(2)16(21)19-11-15-8-5-9-25-15/h4-10,12H,3,11H2,1-2H3,(H,19,21)(H,20,23). The van der Waals surface area contributed by atoms with Crippen molar-refractivity contribution >= 4 is 23.7 Å². The largest absolute Gasteiger partial charge is 0.467 e. The fraction of sp³-hybridized carbons (Fsp3) is 0.278. The molecule has 1 unspecified atom stereocenters. The summed E-state index contributed by atoms with van der Waals surface area (Å²) in [5.74, 6) is -0.539. The van der Waals surface area contributed by atoms with Gasteiger partial charge >= 0.3 is 12.1 Å². The number of amides is 2. The quantitative estimate of drug-likeness (QED) is 0.735. The van der Waals surface area contributed by atoms with E-state index in [1.54, 1.807) is 31.2 Å². The summed E-state index contributed by atoms with van der Waals surface area (Å²) in [6.45, 7) is 3.59. The van der Waals surface area contributed by atoms with Gasteiger partial charge in [0.15, 0.2) is 6.10 Å². The Morgan fingerprint density at radius 2 is 2.00 bits per heavy atom. The summed E-state index contributed by atoms with van der Waals surface area (Å²) in [6, 6.07) is 9.58. The molecular weight excluding hydrogens is 340 g/mol. The van der Waals surface area contributed by atoms with E-state index < -0.39 is 24.1 Å². The number of rotatable bonds is 7. The molecule has 2 aromatic rings. The number of furan rings is 1. The molecule has 2 rings (SSSR count). The second-order valence-electron chi connectivity index (χ2n) is 5.27. The number of esters is 1. The van der Waals surface area contributed by atoms with E-state index in [1.807, 2.05) is 0 Å². The lowest BCUT2D eigenvalue weighted by Crippen LogP contribution is -2.35. The molecule has 0 bridgehead atoms. The zero-order valence-corrected chi connectivity index (χ0v) is 14.5. The Morgan fingerprint density at radius 3 is 2.69 bits per heavy atom. The van der Waals surface area contributed by atoms with E-state index >= 15 is 0 Å². The van der Waals surface area contributed by atoms with Gasteiger partial charge < -0.3 is 19.2 Å². The maximum absolute atomic E-state index is 12.2. The zero-order valence-electron chi connectivity index (χ0n) is 14.5. The van der Waals surface area contributed by atoms with Gasteiger partial charge in [-0.2, -0.15) is 0 Å². The van der Waals surface area contributed by atoms with Gasteiger partial charge in [0.1, 0.15) is 5.76 Å². The van der Waals surface area contributed by atoms with Crippen molar-refractivity contribution in [2.75, 3.05) is 11.9 Å². The van der Waals surface area contributed by atoms with Crippen LogP contribution in [0.15, 0.2) is 47.1 Å². The van der Waals surface area contributed by atoms with E-state index in [0.29, 0.717) is 11.4 Å². The SMILES string of the molecule is CCOC(=O)Nc1cccc(C(=O)OC(C)C(=O)NCc2ccco2)c1. The molecule has 8 nitrogen and oxygen atoms in total. The summed E-state index contributed by atoms with van der Waals surface area (Å²) in [5, 5.41) is 5.10. The maximum atomic E-state index is 12.2. The molecule has 0 aliphatic carbocycles. The number of ether oxygens (including phenoxy) is 2. The number of hydrogen-bond donors (Lipinski definition) is 2. The molecule has 0 aliphatic heterocycles. The van der Waals surface area contributed by atoms with Crippen molar-refractivity contribution < 1.29 is 28.3 Å². The van der Waals surface area contributed by atoms with Gasteiger partial charge in [-0.25, -0.2) is 9.59 Å². The molecule has 138 valence electrons. The minimum absolute atomic E-state index is 0.199. The van der Waals surface area contributed by atoms with Gasteiger partial charge in [0, 0.05) is 5.69 Å². The molecule has 0 aliphatic rings. The lowest BCUT2D eigenvalue weighted by atomic mass is 10.2. The monoisotopic (exact) mass is 360 g/mol. The molecule has 1 atom stereocenters. The minimum atomic E-state index is -0.987. The molecule has 1 aromatic heterocycles. The van der Waals surface area contributed by atoms with Gasteiger partial charge in [0.25, 0.3) is 5.91 Å². The Bertz CT molecular complexity index is 757. The van der Waals surface area contributed by atoms with E-state index in [9.17, 15) is 14.4 Å². The number of carbonyl (C=O) groups excluding carboxylic acids is 3. The first kappa shape index (κ1) is 19.0. The molecule has 26 heavy (non-hydrogen) atoms. The summed E-state index contributed by atoms with van der Waals surface area (Å²) in [5.41, 5.74) is 0.581. The van der Waals surface area contributed by atoms with Gasteiger partial charge in [0.2, 0.25) is 0 Å². The van der Waals surface area contributed by atoms with Gasteiger partial charge in [-0.3, -0.25) is 10.1 Å². The van der Waals surface area contributed by atoms with Crippen LogP contribution in [0.2, 0.25) is 0 Å². The first-order valence-electron chi connectivity index (χ1n) is 8.04. The maximum Gasteiger partial charge on any atom is 0.411 e. The van der Waals surface area contributed by atoms with Crippen LogP contribution in [-0.2, 0) is 20.8 Å². The highest BCUT2D eigenvalue weighted by molar-refractivity contribution is 5.94. The smallest absolute Gasteiger partial charge is 0.411 e.